The van der Waals surface area contributed by atoms with Crippen molar-refractivity contribution in [2.75, 3.05) is 18.4 Å². The maximum absolute atomic E-state index is 13.2. The zero-order chi connectivity index (χ0) is 25.4. The van der Waals surface area contributed by atoms with Crippen LogP contribution >= 0.6 is 0 Å². The van der Waals surface area contributed by atoms with E-state index in [1.165, 1.54) is 6.08 Å². The van der Waals surface area contributed by atoms with Gasteiger partial charge in [-0.25, -0.2) is 8.42 Å². The monoisotopic (exact) mass is 501 g/mol. The van der Waals surface area contributed by atoms with Crippen molar-refractivity contribution < 1.29 is 18.0 Å². The molecule has 3 aliphatic rings. The lowest BCUT2D eigenvalue weighted by atomic mass is 9.69. The molecule has 8 heteroatoms. The van der Waals surface area contributed by atoms with Crippen LogP contribution in [0.15, 0.2) is 41.8 Å². The maximum atomic E-state index is 13.2. The third-order valence-corrected chi connectivity index (χ3v) is 10.2. The average Bonchev–Trinajstić information content (AvgIpc) is 3.38. The lowest BCUT2D eigenvalue weighted by Crippen LogP contribution is -2.35. The average molecular weight is 502 g/mol. The zero-order valence-electron chi connectivity index (χ0n) is 21.1. The molecule has 2 atom stereocenters. The molecule has 3 fully saturated rings. The van der Waals surface area contributed by atoms with Crippen LogP contribution in [0.1, 0.15) is 59.3 Å². The summed E-state index contributed by atoms with van der Waals surface area (Å²) in [5.74, 6) is 1.03. The highest BCUT2D eigenvalue weighted by molar-refractivity contribution is 7.89. The van der Waals surface area contributed by atoms with Crippen molar-refractivity contribution in [2.45, 2.75) is 70.2 Å². The topological polar surface area (TPSA) is 95.6 Å². The van der Waals surface area contributed by atoms with Crippen LogP contribution in [0.4, 0.5) is 5.69 Å². The summed E-state index contributed by atoms with van der Waals surface area (Å²) in [6.07, 6.45) is 6.79. The number of nitrogens with one attached hydrogen (secondary N) is 2. The van der Waals surface area contributed by atoms with Crippen LogP contribution in [0.5, 0.6) is 0 Å². The van der Waals surface area contributed by atoms with Crippen molar-refractivity contribution in [1.29, 1.82) is 0 Å². The maximum Gasteiger partial charge on any atom is 0.243 e. The van der Waals surface area contributed by atoms with E-state index in [1.807, 2.05) is 0 Å². The minimum atomic E-state index is -3.59. The van der Waals surface area contributed by atoms with E-state index in [-0.39, 0.29) is 45.9 Å². The molecule has 0 aromatic heterocycles. The van der Waals surface area contributed by atoms with Gasteiger partial charge in [-0.2, -0.15) is 4.31 Å². The predicted molar refractivity (Wildman–Crippen MR) is 137 cm³/mol. The van der Waals surface area contributed by atoms with Gasteiger partial charge in [0.2, 0.25) is 21.8 Å². The number of benzene rings is 1. The van der Waals surface area contributed by atoms with Crippen LogP contribution in [0.25, 0.3) is 0 Å². The number of nitrogens with zero attached hydrogens (tertiary/aromatic N) is 1. The molecule has 1 heterocycles. The molecule has 2 unspecified atom stereocenters. The SMILES string of the molecule is C=CC(=O)NC1CC2CN(S(=O)(=O)c3ccc(NC(=O)C4CCC(C(C)(C)C)CC4)cc3)CC2C1. The van der Waals surface area contributed by atoms with E-state index >= 15 is 0 Å². The smallest absolute Gasteiger partial charge is 0.243 e. The standard InChI is InChI=1S/C27H39N3O4S/c1-5-25(31)28-23-14-19-16-30(17-20(19)15-23)35(33,34)24-12-10-22(11-13-24)29-26(32)18-6-8-21(9-7-18)27(2,3)4/h5,10-13,18-21,23H,1,6-9,14-17H2,2-4H3,(H,28,31)(H,29,32). The normalized spacial score (nSPS) is 29.4. The van der Waals surface area contributed by atoms with Gasteiger partial charge < -0.3 is 10.6 Å². The van der Waals surface area contributed by atoms with Gasteiger partial charge in [-0.3, -0.25) is 9.59 Å². The summed E-state index contributed by atoms with van der Waals surface area (Å²) in [5, 5.41) is 5.92. The number of carbonyl (C=O) groups excluding carboxylic acids is 2. The summed E-state index contributed by atoms with van der Waals surface area (Å²) in [6.45, 7) is 11.2. The van der Waals surface area contributed by atoms with E-state index in [2.05, 4.69) is 38.0 Å². The summed E-state index contributed by atoms with van der Waals surface area (Å²) >= 11 is 0. The van der Waals surface area contributed by atoms with Gasteiger partial charge in [-0.1, -0.05) is 27.4 Å². The number of hydrogen-bond acceptors (Lipinski definition) is 4. The molecule has 1 aromatic rings. The molecule has 1 aromatic carbocycles. The van der Waals surface area contributed by atoms with E-state index in [1.54, 1.807) is 28.6 Å². The fraction of sp³-hybridized carbons (Fsp3) is 0.630. The minimum Gasteiger partial charge on any atom is -0.350 e. The summed E-state index contributed by atoms with van der Waals surface area (Å²) in [4.78, 5) is 24.6. The lowest BCUT2D eigenvalue weighted by molar-refractivity contribution is -0.121. The highest BCUT2D eigenvalue weighted by Gasteiger charge is 2.45. The Morgan fingerprint density at radius 1 is 1.00 bits per heavy atom. The van der Waals surface area contributed by atoms with E-state index < -0.39 is 10.0 Å². The Labute approximate surface area is 209 Å². The second-order valence-corrected chi connectivity index (χ2v) is 13.6. The fourth-order valence-corrected chi connectivity index (χ4v) is 7.71. The molecule has 0 radical (unpaired) electrons. The molecule has 0 bridgehead atoms. The molecule has 2 amide bonds. The van der Waals surface area contributed by atoms with Crippen molar-refractivity contribution in [1.82, 2.24) is 9.62 Å². The quantitative estimate of drug-likeness (QED) is 0.572. The van der Waals surface area contributed by atoms with Gasteiger partial charge >= 0.3 is 0 Å². The Hall–Kier alpha value is -2.19. The lowest BCUT2D eigenvalue weighted by Gasteiger charge is -2.36. The first kappa shape index (κ1) is 25.9. The number of rotatable bonds is 6. The van der Waals surface area contributed by atoms with Crippen molar-refractivity contribution >= 4 is 27.5 Å². The second-order valence-electron chi connectivity index (χ2n) is 11.7. The van der Waals surface area contributed by atoms with Crippen molar-refractivity contribution in [3.63, 3.8) is 0 Å². The molecular formula is C27H39N3O4S. The van der Waals surface area contributed by atoms with Crippen molar-refractivity contribution in [2.24, 2.45) is 29.1 Å². The van der Waals surface area contributed by atoms with Gasteiger partial charge in [-0.15, -0.1) is 0 Å². The van der Waals surface area contributed by atoms with Gasteiger partial charge in [0.1, 0.15) is 0 Å². The number of amides is 2. The first-order valence-electron chi connectivity index (χ1n) is 12.8. The number of hydrogen-bond donors (Lipinski definition) is 2. The van der Waals surface area contributed by atoms with E-state index in [0.29, 0.717) is 24.7 Å². The summed E-state index contributed by atoms with van der Waals surface area (Å²) in [5.41, 5.74) is 0.908. The zero-order valence-corrected chi connectivity index (χ0v) is 21.9. The molecule has 1 saturated heterocycles. The summed E-state index contributed by atoms with van der Waals surface area (Å²) in [6, 6.07) is 6.63. The molecule has 1 aliphatic heterocycles. The van der Waals surface area contributed by atoms with Crippen molar-refractivity contribution in [3.8, 4) is 0 Å². The Bertz CT molecular complexity index is 1040. The molecule has 0 spiro atoms. The van der Waals surface area contributed by atoms with Crippen LogP contribution in [0.2, 0.25) is 0 Å². The van der Waals surface area contributed by atoms with Crippen molar-refractivity contribution in [3.05, 3.63) is 36.9 Å². The fourth-order valence-electron chi connectivity index (χ4n) is 6.16. The Kier molecular flexibility index (Phi) is 7.44. The first-order chi connectivity index (χ1) is 16.5. The molecule has 4 rings (SSSR count). The second kappa shape index (κ2) is 10.1. The Morgan fingerprint density at radius 3 is 2.09 bits per heavy atom. The first-order valence-corrected chi connectivity index (χ1v) is 14.3. The van der Waals surface area contributed by atoms with E-state index in [0.717, 1.165) is 38.5 Å². The van der Waals surface area contributed by atoms with Gasteiger partial charge in [0, 0.05) is 30.7 Å². The van der Waals surface area contributed by atoms with E-state index in [4.69, 9.17) is 0 Å². The highest BCUT2D eigenvalue weighted by Crippen LogP contribution is 2.41. The highest BCUT2D eigenvalue weighted by atomic mass is 32.2. The molecular weight excluding hydrogens is 462 g/mol. The molecule has 7 nitrogen and oxygen atoms in total. The number of anilines is 1. The molecule has 2 aliphatic carbocycles. The van der Waals surface area contributed by atoms with Crippen LogP contribution in [-0.2, 0) is 19.6 Å². The van der Waals surface area contributed by atoms with Crippen LogP contribution in [-0.4, -0.2) is 43.7 Å². The third-order valence-electron chi connectivity index (χ3n) is 8.33. The molecule has 2 N–H and O–H groups in total. The van der Waals surface area contributed by atoms with Gasteiger partial charge in [-0.05, 0) is 92.0 Å². The van der Waals surface area contributed by atoms with Gasteiger partial charge in [0.25, 0.3) is 0 Å². The largest absolute Gasteiger partial charge is 0.350 e. The summed E-state index contributed by atoms with van der Waals surface area (Å²) in [7, 11) is -3.59. The molecule has 192 valence electrons. The van der Waals surface area contributed by atoms with Crippen LogP contribution < -0.4 is 10.6 Å². The van der Waals surface area contributed by atoms with E-state index in [9.17, 15) is 18.0 Å². The van der Waals surface area contributed by atoms with Crippen LogP contribution in [0.3, 0.4) is 0 Å². The summed E-state index contributed by atoms with van der Waals surface area (Å²) < 4.78 is 28.0. The minimum absolute atomic E-state index is 0.0149. The van der Waals surface area contributed by atoms with Gasteiger partial charge in [0.05, 0.1) is 4.90 Å². The number of fused-ring (bicyclic) bond motifs is 1. The molecule has 2 saturated carbocycles. The molecule has 35 heavy (non-hydrogen) atoms. The Balaban J connectivity index is 1.31. The number of carbonyl (C=O) groups is 2. The predicted octanol–water partition coefficient (Wildman–Crippen LogP) is 4.18. The van der Waals surface area contributed by atoms with Gasteiger partial charge in [0.15, 0.2) is 0 Å². The number of sulfonamides is 1. The van der Waals surface area contributed by atoms with Crippen LogP contribution in [0, 0.1) is 29.1 Å². The Morgan fingerprint density at radius 2 is 1.57 bits per heavy atom. The third kappa shape index (κ3) is 5.80.